The smallest absolute Gasteiger partial charge is 0.261 e. The first kappa shape index (κ1) is 18.9. The molecule has 0 bridgehead atoms. The van der Waals surface area contributed by atoms with Crippen LogP contribution >= 0.6 is 0 Å². The second kappa shape index (κ2) is 7.50. The summed E-state index contributed by atoms with van der Waals surface area (Å²) in [6, 6.07) is 8.16. The molecule has 1 fully saturated rings. The molecule has 150 valence electrons. The molecule has 0 saturated carbocycles. The van der Waals surface area contributed by atoms with Crippen LogP contribution in [-0.2, 0) is 4.79 Å². The highest BCUT2D eigenvalue weighted by Crippen LogP contribution is 2.35. The van der Waals surface area contributed by atoms with Gasteiger partial charge in [0, 0.05) is 36.7 Å². The second-order valence-corrected chi connectivity index (χ2v) is 6.56. The van der Waals surface area contributed by atoms with Gasteiger partial charge in [-0.05, 0) is 24.3 Å². The van der Waals surface area contributed by atoms with E-state index in [1.54, 1.807) is 25.3 Å². The number of carbonyl (C=O) groups excluding carboxylic acids is 1. The average Bonchev–Trinajstić information content (AvgIpc) is 3.33. The van der Waals surface area contributed by atoms with Crippen LogP contribution in [-0.4, -0.2) is 36.8 Å². The minimum atomic E-state index is -0.746. The Bertz CT molecular complexity index is 1050. The number of aromatic nitrogens is 2. The van der Waals surface area contributed by atoms with Crippen molar-refractivity contribution in [2.24, 2.45) is 0 Å². The summed E-state index contributed by atoms with van der Waals surface area (Å²) in [5, 5.41) is 3.99. The predicted molar refractivity (Wildman–Crippen MR) is 98.9 cm³/mol. The number of halogens is 2. The van der Waals surface area contributed by atoms with Crippen LogP contribution in [0.1, 0.15) is 18.2 Å². The van der Waals surface area contributed by atoms with Crippen LogP contribution in [0.2, 0.25) is 0 Å². The zero-order chi connectivity index (χ0) is 20.5. The van der Waals surface area contributed by atoms with E-state index >= 15 is 0 Å². The first-order valence-electron chi connectivity index (χ1n) is 8.81. The molecule has 1 aromatic heterocycles. The summed E-state index contributed by atoms with van der Waals surface area (Å²) in [5.41, 5.74) is 0.746. The van der Waals surface area contributed by atoms with Gasteiger partial charge in [0.05, 0.1) is 19.8 Å². The Morgan fingerprint density at radius 2 is 1.86 bits per heavy atom. The molecular formula is C20H17F2N3O4. The molecule has 9 heteroatoms. The van der Waals surface area contributed by atoms with Crippen molar-refractivity contribution in [3.05, 3.63) is 53.9 Å². The van der Waals surface area contributed by atoms with Crippen LogP contribution in [0.4, 0.5) is 14.5 Å². The summed E-state index contributed by atoms with van der Waals surface area (Å²) < 4.78 is 42.9. The van der Waals surface area contributed by atoms with E-state index < -0.39 is 11.6 Å². The van der Waals surface area contributed by atoms with Gasteiger partial charge in [-0.1, -0.05) is 5.16 Å². The van der Waals surface area contributed by atoms with Gasteiger partial charge in [-0.3, -0.25) is 4.79 Å². The van der Waals surface area contributed by atoms with Crippen LogP contribution in [0.15, 0.2) is 40.9 Å². The number of carbonyl (C=O) groups is 1. The maximum absolute atomic E-state index is 13.5. The molecular weight excluding hydrogens is 384 g/mol. The van der Waals surface area contributed by atoms with E-state index in [1.165, 1.54) is 12.0 Å². The maximum Gasteiger partial charge on any atom is 0.261 e. The van der Waals surface area contributed by atoms with Crippen LogP contribution in [0.3, 0.4) is 0 Å². The van der Waals surface area contributed by atoms with E-state index in [2.05, 4.69) is 10.1 Å². The van der Waals surface area contributed by atoms with Gasteiger partial charge in [0.2, 0.25) is 5.91 Å². The van der Waals surface area contributed by atoms with Crippen LogP contribution in [0.5, 0.6) is 11.5 Å². The Morgan fingerprint density at radius 1 is 1.10 bits per heavy atom. The fourth-order valence-corrected chi connectivity index (χ4v) is 3.31. The second-order valence-electron chi connectivity index (χ2n) is 6.56. The first-order valence-corrected chi connectivity index (χ1v) is 8.81. The van der Waals surface area contributed by atoms with E-state index in [0.717, 1.165) is 18.2 Å². The molecule has 4 rings (SSSR count). The van der Waals surface area contributed by atoms with Gasteiger partial charge in [-0.2, -0.15) is 4.98 Å². The SMILES string of the molecule is COc1ccc(-c2nc(C3CC(=O)N(c4cc(F)cc(F)c4)C3)no2)c(OC)c1. The lowest BCUT2D eigenvalue weighted by Crippen LogP contribution is -2.24. The summed E-state index contributed by atoms with van der Waals surface area (Å²) in [6.07, 6.45) is 0.108. The normalized spacial score (nSPS) is 16.3. The zero-order valence-electron chi connectivity index (χ0n) is 15.7. The van der Waals surface area contributed by atoms with Crippen LogP contribution in [0.25, 0.3) is 11.5 Å². The van der Waals surface area contributed by atoms with Gasteiger partial charge < -0.3 is 18.9 Å². The molecule has 1 unspecified atom stereocenters. The fraction of sp³-hybridized carbons (Fsp3) is 0.250. The van der Waals surface area contributed by atoms with Crippen molar-refractivity contribution in [2.45, 2.75) is 12.3 Å². The lowest BCUT2D eigenvalue weighted by Gasteiger charge is -2.16. The van der Waals surface area contributed by atoms with Gasteiger partial charge in [0.1, 0.15) is 23.1 Å². The number of methoxy groups -OCH3 is 2. The van der Waals surface area contributed by atoms with Crippen molar-refractivity contribution in [2.75, 3.05) is 25.7 Å². The Morgan fingerprint density at radius 3 is 2.55 bits per heavy atom. The summed E-state index contributed by atoms with van der Waals surface area (Å²) in [4.78, 5) is 18.1. The zero-order valence-corrected chi connectivity index (χ0v) is 15.7. The largest absolute Gasteiger partial charge is 0.497 e. The molecule has 1 saturated heterocycles. The van der Waals surface area contributed by atoms with Gasteiger partial charge in [-0.25, -0.2) is 8.78 Å². The monoisotopic (exact) mass is 401 g/mol. The van der Waals surface area contributed by atoms with Crippen molar-refractivity contribution in [1.82, 2.24) is 10.1 Å². The number of nitrogens with zero attached hydrogens (tertiary/aromatic N) is 3. The highest BCUT2D eigenvalue weighted by molar-refractivity contribution is 5.96. The molecule has 1 aliphatic rings. The number of benzene rings is 2. The number of hydrogen-bond acceptors (Lipinski definition) is 6. The molecule has 1 atom stereocenters. The number of rotatable bonds is 5. The van der Waals surface area contributed by atoms with Gasteiger partial charge in [-0.15, -0.1) is 0 Å². The first-order chi connectivity index (χ1) is 14.0. The minimum absolute atomic E-state index is 0.108. The lowest BCUT2D eigenvalue weighted by molar-refractivity contribution is -0.117. The summed E-state index contributed by atoms with van der Waals surface area (Å²) in [5.74, 6) is -0.435. The Hall–Kier alpha value is -3.49. The highest BCUT2D eigenvalue weighted by atomic mass is 19.1. The topological polar surface area (TPSA) is 77.7 Å². The van der Waals surface area contributed by atoms with E-state index in [0.29, 0.717) is 22.9 Å². The molecule has 2 heterocycles. The van der Waals surface area contributed by atoms with Crippen molar-refractivity contribution in [3.8, 4) is 23.0 Å². The molecule has 0 spiro atoms. The van der Waals surface area contributed by atoms with E-state index in [4.69, 9.17) is 14.0 Å². The Balaban J connectivity index is 1.58. The number of hydrogen-bond donors (Lipinski definition) is 0. The molecule has 2 aromatic carbocycles. The Labute approximate surface area is 164 Å². The number of amides is 1. The van der Waals surface area contributed by atoms with Crippen LogP contribution < -0.4 is 14.4 Å². The van der Waals surface area contributed by atoms with Crippen molar-refractivity contribution in [1.29, 1.82) is 0 Å². The summed E-state index contributed by atoms with van der Waals surface area (Å²) in [6.45, 7) is 0.195. The molecule has 0 N–H and O–H groups in total. The number of anilines is 1. The van der Waals surface area contributed by atoms with Crippen LogP contribution in [0, 0.1) is 11.6 Å². The van der Waals surface area contributed by atoms with E-state index in [-0.39, 0.29) is 36.4 Å². The summed E-state index contributed by atoms with van der Waals surface area (Å²) in [7, 11) is 3.06. The number of ether oxygens (including phenoxy) is 2. The predicted octanol–water partition coefficient (Wildman–Crippen LogP) is 3.55. The molecule has 7 nitrogen and oxygen atoms in total. The maximum atomic E-state index is 13.5. The van der Waals surface area contributed by atoms with Crippen molar-refractivity contribution >= 4 is 11.6 Å². The molecule has 29 heavy (non-hydrogen) atoms. The van der Waals surface area contributed by atoms with Crippen molar-refractivity contribution in [3.63, 3.8) is 0 Å². The third kappa shape index (κ3) is 3.63. The molecule has 1 amide bonds. The third-order valence-corrected chi connectivity index (χ3v) is 4.73. The quantitative estimate of drug-likeness (QED) is 0.651. The fourth-order valence-electron chi connectivity index (χ4n) is 3.31. The average molecular weight is 401 g/mol. The molecule has 0 aliphatic carbocycles. The third-order valence-electron chi connectivity index (χ3n) is 4.73. The molecule has 0 radical (unpaired) electrons. The van der Waals surface area contributed by atoms with E-state index in [1.807, 2.05) is 0 Å². The highest BCUT2D eigenvalue weighted by Gasteiger charge is 2.35. The Kier molecular flexibility index (Phi) is 4.87. The van der Waals surface area contributed by atoms with Gasteiger partial charge in [0.25, 0.3) is 5.89 Å². The molecule has 1 aliphatic heterocycles. The summed E-state index contributed by atoms with van der Waals surface area (Å²) >= 11 is 0. The molecule has 3 aromatic rings. The van der Waals surface area contributed by atoms with Gasteiger partial charge >= 0.3 is 0 Å². The lowest BCUT2D eigenvalue weighted by atomic mass is 10.1. The van der Waals surface area contributed by atoms with Gasteiger partial charge in [0.15, 0.2) is 5.82 Å². The minimum Gasteiger partial charge on any atom is -0.497 e. The van der Waals surface area contributed by atoms with Crippen molar-refractivity contribution < 1.29 is 27.6 Å². The standard InChI is InChI=1S/C20H17F2N3O4/c1-27-15-3-4-16(17(9-15)28-2)20-23-19(24-29-20)11-5-18(26)25(10-11)14-7-12(21)6-13(22)8-14/h3-4,6-9,11H,5,10H2,1-2H3. The van der Waals surface area contributed by atoms with E-state index in [9.17, 15) is 13.6 Å².